The summed E-state index contributed by atoms with van der Waals surface area (Å²) in [5, 5.41) is 12.5. The van der Waals surface area contributed by atoms with Crippen molar-refractivity contribution < 1.29 is 4.39 Å². The Labute approximate surface area is 143 Å². The van der Waals surface area contributed by atoms with Crippen molar-refractivity contribution in [3.63, 3.8) is 0 Å². The van der Waals surface area contributed by atoms with E-state index in [1.807, 2.05) is 22.4 Å². The highest BCUT2D eigenvalue weighted by Crippen LogP contribution is 2.39. The van der Waals surface area contributed by atoms with E-state index in [0.717, 1.165) is 35.7 Å². The molecule has 1 aliphatic heterocycles. The third-order valence-corrected chi connectivity index (χ3v) is 5.56. The van der Waals surface area contributed by atoms with Gasteiger partial charge in [0.25, 0.3) is 0 Å². The number of benzene rings is 1. The van der Waals surface area contributed by atoms with Crippen LogP contribution in [-0.4, -0.2) is 31.9 Å². The molecule has 2 aromatic heterocycles. The van der Waals surface area contributed by atoms with Gasteiger partial charge in [-0.3, -0.25) is 4.40 Å². The molecule has 3 heterocycles. The van der Waals surface area contributed by atoms with E-state index in [-0.39, 0.29) is 5.82 Å². The monoisotopic (exact) mass is 343 g/mol. The minimum absolute atomic E-state index is 0.209. The Kier molecular flexibility index (Phi) is 4.34. The first-order chi connectivity index (χ1) is 11.8. The van der Waals surface area contributed by atoms with Crippen LogP contribution in [0, 0.1) is 5.82 Å². The molecule has 1 fully saturated rings. The number of nitrogens with one attached hydrogen (secondary N) is 1. The Morgan fingerprint density at radius 2 is 2.12 bits per heavy atom. The number of halogens is 1. The summed E-state index contributed by atoms with van der Waals surface area (Å²) in [7, 11) is 0. The molecule has 1 atom stereocenters. The van der Waals surface area contributed by atoms with Crippen LogP contribution in [0.3, 0.4) is 0 Å². The van der Waals surface area contributed by atoms with E-state index in [0.29, 0.717) is 11.8 Å². The quantitative estimate of drug-likeness (QED) is 0.768. The minimum Gasteiger partial charge on any atom is -0.367 e. The van der Waals surface area contributed by atoms with Crippen LogP contribution in [0.1, 0.15) is 29.5 Å². The van der Waals surface area contributed by atoms with Crippen LogP contribution in [0.4, 0.5) is 10.2 Å². The van der Waals surface area contributed by atoms with Crippen molar-refractivity contribution in [1.29, 1.82) is 0 Å². The lowest BCUT2D eigenvalue weighted by molar-refractivity contribution is 0.627. The van der Waals surface area contributed by atoms with Gasteiger partial charge in [-0.15, -0.1) is 10.2 Å². The maximum absolute atomic E-state index is 12.9. The van der Waals surface area contributed by atoms with Gasteiger partial charge in [-0.25, -0.2) is 9.37 Å². The third kappa shape index (κ3) is 3.08. The largest absolute Gasteiger partial charge is 0.367 e. The number of aromatic nitrogens is 4. The predicted octanol–water partition coefficient (Wildman–Crippen LogP) is 3.49. The van der Waals surface area contributed by atoms with Crippen molar-refractivity contribution in [2.24, 2.45) is 0 Å². The zero-order valence-corrected chi connectivity index (χ0v) is 14.0. The average molecular weight is 343 g/mol. The summed E-state index contributed by atoms with van der Waals surface area (Å²) >= 11 is 1.94. The molecule has 1 aromatic carbocycles. The van der Waals surface area contributed by atoms with Crippen molar-refractivity contribution in [2.75, 3.05) is 17.6 Å². The van der Waals surface area contributed by atoms with E-state index in [1.165, 1.54) is 24.3 Å². The molecule has 7 heteroatoms. The van der Waals surface area contributed by atoms with Crippen molar-refractivity contribution in [1.82, 2.24) is 19.6 Å². The number of fused-ring (bicyclic) bond motifs is 1. The van der Waals surface area contributed by atoms with Gasteiger partial charge in [-0.1, -0.05) is 12.1 Å². The Hall–Kier alpha value is -2.15. The Balaban J connectivity index is 1.49. The fourth-order valence-electron chi connectivity index (χ4n) is 2.95. The average Bonchev–Trinajstić information content (AvgIpc) is 3.25. The molecule has 0 spiro atoms. The molecule has 1 aliphatic rings. The highest BCUT2D eigenvalue weighted by atomic mass is 32.2. The molecule has 1 N–H and O–H groups in total. The molecule has 0 amide bonds. The topological polar surface area (TPSA) is 55.1 Å². The normalized spacial score (nSPS) is 17.5. The maximum atomic E-state index is 12.9. The summed E-state index contributed by atoms with van der Waals surface area (Å²) < 4.78 is 15.0. The lowest BCUT2D eigenvalue weighted by atomic mass is 10.1. The van der Waals surface area contributed by atoms with Gasteiger partial charge in [-0.05, 0) is 42.7 Å². The molecule has 3 aromatic rings. The van der Waals surface area contributed by atoms with E-state index in [4.69, 9.17) is 0 Å². The van der Waals surface area contributed by atoms with Crippen LogP contribution >= 0.6 is 11.8 Å². The molecule has 0 radical (unpaired) electrons. The second-order valence-corrected chi connectivity index (χ2v) is 7.14. The molecule has 0 aliphatic carbocycles. The predicted molar refractivity (Wildman–Crippen MR) is 93.8 cm³/mol. The van der Waals surface area contributed by atoms with E-state index >= 15 is 0 Å². The van der Waals surface area contributed by atoms with Gasteiger partial charge >= 0.3 is 0 Å². The number of rotatable bonds is 5. The van der Waals surface area contributed by atoms with E-state index in [2.05, 4.69) is 20.5 Å². The highest BCUT2D eigenvalue weighted by molar-refractivity contribution is 7.99. The van der Waals surface area contributed by atoms with E-state index < -0.39 is 0 Å². The first-order valence-corrected chi connectivity index (χ1v) is 9.16. The lowest BCUT2D eigenvalue weighted by Gasteiger charge is -2.09. The van der Waals surface area contributed by atoms with Gasteiger partial charge in [-0.2, -0.15) is 11.8 Å². The molecular weight excluding hydrogens is 325 g/mol. The maximum Gasteiger partial charge on any atom is 0.203 e. The Morgan fingerprint density at radius 1 is 1.25 bits per heavy atom. The number of thioether (sulfide) groups is 1. The summed E-state index contributed by atoms with van der Waals surface area (Å²) in [6.07, 6.45) is 6.89. The molecular formula is C17H18FN5S. The molecule has 0 bridgehead atoms. The zero-order valence-electron chi connectivity index (χ0n) is 13.2. The number of nitrogens with zero attached hydrogens (tertiary/aromatic N) is 4. The molecule has 4 rings (SSSR count). The summed E-state index contributed by atoms with van der Waals surface area (Å²) in [6, 6.07) is 6.58. The fourth-order valence-corrected chi connectivity index (χ4v) is 4.21. The molecule has 5 nitrogen and oxygen atoms in total. The third-order valence-electron chi connectivity index (χ3n) is 4.19. The van der Waals surface area contributed by atoms with E-state index in [9.17, 15) is 4.39 Å². The second kappa shape index (κ2) is 6.76. The molecule has 24 heavy (non-hydrogen) atoms. The Morgan fingerprint density at radius 3 is 2.92 bits per heavy atom. The zero-order chi connectivity index (χ0) is 16.4. The van der Waals surface area contributed by atoms with Crippen LogP contribution in [0.5, 0.6) is 0 Å². The SMILES string of the molecule is Fc1ccc(CCNc2nccn3c([C@@H]4CCCS4)nnc23)cc1. The van der Waals surface area contributed by atoms with Crippen molar-refractivity contribution in [3.05, 3.63) is 53.9 Å². The van der Waals surface area contributed by atoms with Crippen LogP contribution in [-0.2, 0) is 6.42 Å². The molecule has 0 saturated carbocycles. The summed E-state index contributed by atoms with van der Waals surface area (Å²) in [6.45, 7) is 0.707. The van der Waals surface area contributed by atoms with Crippen LogP contribution in [0.25, 0.3) is 5.65 Å². The van der Waals surface area contributed by atoms with Crippen LogP contribution < -0.4 is 5.32 Å². The summed E-state index contributed by atoms with van der Waals surface area (Å²) in [4.78, 5) is 4.39. The fraction of sp³-hybridized carbons (Fsp3) is 0.353. The standard InChI is InChI=1S/C17H18FN5S/c18-13-5-3-12(4-6-13)7-8-19-15-17-22-21-16(14-2-1-11-24-14)23(17)10-9-20-15/h3-6,9-10,14H,1-2,7-8,11H2,(H,19,20)/t14-/m0/s1. The minimum atomic E-state index is -0.209. The number of anilines is 1. The second-order valence-electron chi connectivity index (χ2n) is 5.83. The van der Waals surface area contributed by atoms with Crippen LogP contribution in [0.15, 0.2) is 36.7 Å². The van der Waals surface area contributed by atoms with Gasteiger partial charge < -0.3 is 5.32 Å². The van der Waals surface area contributed by atoms with Gasteiger partial charge in [0, 0.05) is 18.9 Å². The van der Waals surface area contributed by atoms with Gasteiger partial charge in [0.1, 0.15) is 5.82 Å². The summed E-state index contributed by atoms with van der Waals surface area (Å²) in [5.41, 5.74) is 1.85. The van der Waals surface area contributed by atoms with Crippen molar-refractivity contribution >= 4 is 23.2 Å². The van der Waals surface area contributed by atoms with Gasteiger partial charge in [0.2, 0.25) is 5.65 Å². The van der Waals surface area contributed by atoms with Crippen molar-refractivity contribution in [2.45, 2.75) is 24.5 Å². The molecule has 1 saturated heterocycles. The smallest absolute Gasteiger partial charge is 0.203 e. The van der Waals surface area contributed by atoms with E-state index in [1.54, 1.807) is 18.3 Å². The summed E-state index contributed by atoms with van der Waals surface area (Å²) in [5.74, 6) is 2.73. The van der Waals surface area contributed by atoms with Crippen molar-refractivity contribution in [3.8, 4) is 0 Å². The first-order valence-electron chi connectivity index (χ1n) is 8.11. The van der Waals surface area contributed by atoms with Gasteiger partial charge in [0.15, 0.2) is 11.6 Å². The molecule has 124 valence electrons. The molecule has 0 unspecified atom stereocenters. The number of hydrogen-bond acceptors (Lipinski definition) is 5. The van der Waals surface area contributed by atoms with Gasteiger partial charge in [0.05, 0.1) is 5.25 Å². The Bertz CT molecular complexity index is 827. The lowest BCUT2D eigenvalue weighted by Crippen LogP contribution is -2.08. The first kappa shape index (κ1) is 15.4. The highest BCUT2D eigenvalue weighted by Gasteiger charge is 2.23. The van der Waals surface area contributed by atoms with Crippen LogP contribution in [0.2, 0.25) is 0 Å². The number of hydrogen-bond donors (Lipinski definition) is 1.